The van der Waals surface area contributed by atoms with Gasteiger partial charge in [-0.15, -0.1) is 12.4 Å². The van der Waals surface area contributed by atoms with Gasteiger partial charge in [0.25, 0.3) is 5.91 Å². The van der Waals surface area contributed by atoms with Crippen molar-refractivity contribution in [3.8, 4) is 0 Å². The number of ether oxygens (including phenoxy) is 2. The molecule has 2 rings (SSSR count). The summed E-state index contributed by atoms with van der Waals surface area (Å²) in [7, 11) is 0. The minimum Gasteiger partial charge on any atom is -0.478 e. The van der Waals surface area contributed by atoms with Crippen LogP contribution in [0.15, 0.2) is 48.6 Å². The van der Waals surface area contributed by atoms with Crippen molar-refractivity contribution in [2.75, 3.05) is 26.2 Å². The quantitative estimate of drug-likeness (QED) is 0.223. The molecule has 272 valence electrons. The predicted octanol–water partition coefficient (Wildman–Crippen LogP) is 4.36. The van der Waals surface area contributed by atoms with Crippen LogP contribution in [0.25, 0.3) is 0 Å². The highest BCUT2D eigenvalue weighted by molar-refractivity contribution is 5.93. The molecule has 0 fully saturated rings. The molecule has 0 aromatic carbocycles. The van der Waals surface area contributed by atoms with E-state index in [1.165, 1.54) is 34.2 Å². The summed E-state index contributed by atoms with van der Waals surface area (Å²) in [4.78, 5) is 45.3. The number of amides is 3. The number of nitrogens with two attached hydrogens (primary N) is 1. The maximum Gasteiger partial charge on any atom is 0.407 e. The summed E-state index contributed by atoms with van der Waals surface area (Å²) in [6.45, 7) is 15.4. The van der Waals surface area contributed by atoms with Gasteiger partial charge in [-0.05, 0) is 66.2 Å². The number of halogens is 3. The minimum atomic E-state index is -1.11. The zero-order valence-corrected chi connectivity index (χ0v) is 29.5. The fourth-order valence-electron chi connectivity index (χ4n) is 3.06. The van der Waals surface area contributed by atoms with Gasteiger partial charge in [-0.1, -0.05) is 6.92 Å². The lowest BCUT2D eigenvalue weighted by Crippen LogP contribution is -2.34. The van der Waals surface area contributed by atoms with Crippen LogP contribution in [-0.4, -0.2) is 86.1 Å². The lowest BCUT2D eigenvalue weighted by molar-refractivity contribution is 0.0520. The van der Waals surface area contributed by atoms with Gasteiger partial charge in [0.1, 0.15) is 11.2 Å². The van der Waals surface area contributed by atoms with Crippen molar-refractivity contribution in [1.82, 2.24) is 35.5 Å². The molecule has 0 saturated heterocycles. The number of aromatic carboxylic acids is 1. The highest BCUT2D eigenvalue weighted by Crippen LogP contribution is 2.09. The van der Waals surface area contributed by atoms with Crippen LogP contribution in [-0.2, 0) is 22.6 Å². The van der Waals surface area contributed by atoms with Gasteiger partial charge in [0.05, 0.1) is 49.3 Å². The number of carbonyl (C=O) groups is 4. The van der Waals surface area contributed by atoms with E-state index in [1.54, 1.807) is 41.5 Å². The molecule has 2 aromatic heterocycles. The first-order chi connectivity index (χ1) is 21.9. The van der Waals surface area contributed by atoms with Gasteiger partial charge >= 0.3 is 18.2 Å². The van der Waals surface area contributed by atoms with E-state index in [-0.39, 0.29) is 55.6 Å². The molecule has 0 spiro atoms. The largest absolute Gasteiger partial charge is 0.478 e. The predicted molar refractivity (Wildman–Crippen MR) is 178 cm³/mol. The highest BCUT2D eigenvalue weighted by atomic mass is 35.5. The van der Waals surface area contributed by atoms with Crippen molar-refractivity contribution < 1.29 is 42.5 Å². The highest BCUT2D eigenvalue weighted by Gasteiger charge is 2.17. The molecule has 6 N–H and O–H groups in total. The standard InChI is InChI=1S/C15H23FN4O3.C13H18FN3O4.C2H7N.ClH/c1-5-17-13(21)12-8-19-20(10-12)9-11(6-16)7-18-14(22)23-15(2,3)4;1-13(2,3)21-12(20)15-5-9(4-14)7-17-8-10(6-16-17)11(18)19;1-2-3;/h6,8,10H,5,7,9H2,1-4H3,(H,17,21)(H,18,22);4,6,8H,5,7H2,1-3H3,(H,15,20)(H,18,19);2-3H2,1H3;1H/b11-6+;9-4+;;. The molecular weight excluding hydrogens is 658 g/mol. The Balaban J connectivity index is 0. The molecule has 0 aliphatic heterocycles. The van der Waals surface area contributed by atoms with Crippen molar-refractivity contribution in [3.63, 3.8) is 0 Å². The maximum atomic E-state index is 12.9. The summed E-state index contributed by atoms with van der Waals surface area (Å²) in [6, 6.07) is 0. The minimum absolute atomic E-state index is 0. The molecule has 48 heavy (non-hydrogen) atoms. The Morgan fingerprint density at radius 2 is 1.19 bits per heavy atom. The van der Waals surface area contributed by atoms with E-state index in [4.69, 9.17) is 20.3 Å². The number of carboxylic acids is 1. The number of hydrogen-bond donors (Lipinski definition) is 5. The van der Waals surface area contributed by atoms with Crippen molar-refractivity contribution >= 4 is 36.5 Å². The number of carbonyl (C=O) groups excluding carboxylic acids is 3. The zero-order chi connectivity index (χ0) is 36.2. The first-order valence-corrected chi connectivity index (χ1v) is 14.6. The molecule has 2 aromatic rings. The van der Waals surface area contributed by atoms with E-state index in [0.717, 1.165) is 6.54 Å². The third-order valence-electron chi connectivity index (χ3n) is 4.87. The number of carboxylic acid groups (broad SMARTS) is 1. The molecule has 3 amide bonds. The summed E-state index contributed by atoms with van der Waals surface area (Å²) < 4.78 is 38.5. The Morgan fingerprint density at radius 3 is 1.50 bits per heavy atom. The van der Waals surface area contributed by atoms with Gasteiger partial charge < -0.3 is 36.3 Å². The first kappa shape index (κ1) is 45.6. The Hall–Kier alpha value is -4.51. The molecule has 0 aliphatic carbocycles. The summed E-state index contributed by atoms with van der Waals surface area (Å²) >= 11 is 0. The van der Waals surface area contributed by atoms with Crippen LogP contribution in [0.1, 0.15) is 76.1 Å². The Morgan fingerprint density at radius 1 is 0.812 bits per heavy atom. The fourth-order valence-corrected chi connectivity index (χ4v) is 3.06. The monoisotopic (exact) mass is 706 g/mol. The number of alkyl carbamates (subject to hydrolysis) is 2. The van der Waals surface area contributed by atoms with Crippen LogP contribution in [0.4, 0.5) is 18.4 Å². The van der Waals surface area contributed by atoms with E-state index >= 15 is 0 Å². The first-order valence-electron chi connectivity index (χ1n) is 14.6. The summed E-state index contributed by atoms with van der Waals surface area (Å²) in [5.74, 6) is -1.35. The second kappa shape index (κ2) is 22.9. The molecule has 15 nitrogen and oxygen atoms in total. The van der Waals surface area contributed by atoms with Gasteiger partial charge in [0.2, 0.25) is 0 Å². The van der Waals surface area contributed by atoms with Gasteiger partial charge in [0.15, 0.2) is 0 Å². The molecular formula is C30H49ClF2N8O7. The summed E-state index contributed by atoms with van der Waals surface area (Å²) in [5, 5.41) is 24.1. The van der Waals surface area contributed by atoms with Crippen molar-refractivity contribution in [3.05, 3.63) is 59.7 Å². The molecule has 0 bridgehead atoms. The topological polar surface area (TPSA) is 205 Å². The second-order valence-electron chi connectivity index (χ2n) is 11.7. The van der Waals surface area contributed by atoms with Gasteiger partial charge in [-0.3, -0.25) is 14.2 Å². The van der Waals surface area contributed by atoms with Gasteiger partial charge in [-0.25, -0.2) is 23.2 Å². The lowest BCUT2D eigenvalue weighted by Gasteiger charge is -2.20. The Labute approximate surface area is 285 Å². The van der Waals surface area contributed by atoms with E-state index < -0.39 is 29.4 Å². The fraction of sp³-hybridized carbons (Fsp3) is 0.533. The van der Waals surface area contributed by atoms with Crippen molar-refractivity contribution in [2.45, 2.75) is 79.7 Å². The van der Waals surface area contributed by atoms with E-state index in [0.29, 0.717) is 30.3 Å². The van der Waals surface area contributed by atoms with E-state index in [9.17, 15) is 28.0 Å². The number of nitrogens with zero attached hydrogens (tertiary/aromatic N) is 4. The van der Waals surface area contributed by atoms with Crippen molar-refractivity contribution in [2.24, 2.45) is 5.73 Å². The maximum absolute atomic E-state index is 12.9. The SMILES string of the molecule is CC(C)(C)OC(=O)NC/C(=C\F)Cn1cc(C(=O)O)cn1.CCN.CCNC(=O)c1cnn(C/C(=C/F)CNC(=O)OC(C)(C)C)c1.Cl. The van der Waals surface area contributed by atoms with Crippen molar-refractivity contribution in [1.29, 1.82) is 0 Å². The van der Waals surface area contributed by atoms with Gasteiger partial charge in [0, 0.05) is 32.0 Å². The van der Waals surface area contributed by atoms with Crippen LogP contribution in [0, 0.1) is 0 Å². The Bertz CT molecular complexity index is 1350. The number of nitrogens with one attached hydrogen (secondary N) is 3. The van der Waals surface area contributed by atoms with E-state index in [1.807, 2.05) is 13.8 Å². The summed E-state index contributed by atoms with van der Waals surface area (Å²) in [5.41, 5.74) is 4.51. The van der Waals surface area contributed by atoms with Crippen LogP contribution < -0.4 is 21.7 Å². The third-order valence-corrected chi connectivity index (χ3v) is 4.87. The number of rotatable bonds is 11. The number of hydrogen-bond acceptors (Lipinski definition) is 9. The van der Waals surface area contributed by atoms with Crippen LogP contribution in [0.2, 0.25) is 0 Å². The molecule has 0 unspecified atom stereocenters. The average molecular weight is 707 g/mol. The molecule has 0 saturated carbocycles. The lowest BCUT2D eigenvalue weighted by atomic mass is 10.2. The second-order valence-corrected chi connectivity index (χ2v) is 11.7. The van der Waals surface area contributed by atoms with Gasteiger partial charge in [-0.2, -0.15) is 10.2 Å². The third kappa shape index (κ3) is 21.3. The van der Waals surface area contributed by atoms with Crippen LogP contribution in [0.3, 0.4) is 0 Å². The Kier molecular flexibility index (Phi) is 21.8. The molecule has 0 aliphatic rings. The molecule has 0 atom stereocenters. The normalized spacial score (nSPS) is 11.4. The number of aromatic nitrogens is 4. The summed E-state index contributed by atoms with van der Waals surface area (Å²) in [6.07, 6.45) is 4.83. The molecule has 18 heteroatoms. The van der Waals surface area contributed by atoms with E-state index in [2.05, 4.69) is 26.1 Å². The van der Waals surface area contributed by atoms with Crippen LogP contribution in [0.5, 0.6) is 0 Å². The zero-order valence-electron chi connectivity index (χ0n) is 28.6. The molecule has 2 heterocycles. The molecule has 0 radical (unpaired) electrons. The van der Waals surface area contributed by atoms with Crippen LogP contribution >= 0.6 is 12.4 Å². The average Bonchev–Trinajstić information content (AvgIpc) is 3.62. The smallest absolute Gasteiger partial charge is 0.407 e.